The molecule has 2 aliphatic rings. The molecular formula is C13H22F3N3O. The van der Waals surface area contributed by atoms with Gasteiger partial charge in [0.05, 0.1) is 6.54 Å². The van der Waals surface area contributed by atoms with E-state index >= 15 is 0 Å². The van der Waals surface area contributed by atoms with Crippen LogP contribution in [0.4, 0.5) is 13.2 Å². The molecule has 20 heavy (non-hydrogen) atoms. The monoisotopic (exact) mass is 293 g/mol. The Bertz CT molecular complexity index is 325. The summed E-state index contributed by atoms with van der Waals surface area (Å²) in [6.07, 6.45) is 0.190. The Hall–Kier alpha value is -0.820. The molecule has 7 heteroatoms. The summed E-state index contributed by atoms with van der Waals surface area (Å²) in [5.74, 6) is 0.0767. The first-order chi connectivity index (χ1) is 9.42. The molecule has 1 unspecified atom stereocenters. The van der Waals surface area contributed by atoms with E-state index in [1.165, 1.54) is 12.8 Å². The number of amides is 1. The Kier molecular flexibility index (Phi) is 5.26. The second-order valence-corrected chi connectivity index (χ2v) is 5.82. The molecule has 0 bridgehead atoms. The minimum absolute atomic E-state index is 0.0603. The van der Waals surface area contributed by atoms with Crippen LogP contribution >= 0.6 is 0 Å². The predicted octanol–water partition coefficient (Wildman–Crippen LogP) is 1.13. The zero-order valence-electron chi connectivity index (χ0n) is 11.5. The van der Waals surface area contributed by atoms with Gasteiger partial charge in [-0.3, -0.25) is 9.69 Å². The quantitative estimate of drug-likeness (QED) is 0.739. The molecule has 0 aromatic rings. The molecule has 1 saturated heterocycles. The minimum Gasteiger partial charge on any atom is -0.346 e. The molecule has 2 N–H and O–H groups in total. The van der Waals surface area contributed by atoms with Crippen LogP contribution in [-0.4, -0.2) is 55.7 Å². The van der Waals surface area contributed by atoms with Gasteiger partial charge in [-0.15, -0.1) is 0 Å². The fourth-order valence-corrected chi connectivity index (χ4v) is 2.55. The maximum absolute atomic E-state index is 12.1. The van der Waals surface area contributed by atoms with Crippen molar-refractivity contribution in [2.75, 3.05) is 32.7 Å². The minimum atomic E-state index is -4.34. The number of rotatable bonds is 7. The zero-order chi connectivity index (χ0) is 14.6. The van der Waals surface area contributed by atoms with Crippen molar-refractivity contribution in [1.82, 2.24) is 15.5 Å². The average molecular weight is 293 g/mol. The van der Waals surface area contributed by atoms with Gasteiger partial charge in [0.15, 0.2) is 0 Å². The Labute approximate surface area is 117 Å². The van der Waals surface area contributed by atoms with E-state index in [0.29, 0.717) is 12.0 Å². The van der Waals surface area contributed by atoms with Gasteiger partial charge < -0.3 is 10.6 Å². The lowest BCUT2D eigenvalue weighted by Crippen LogP contribution is -2.45. The van der Waals surface area contributed by atoms with Crippen LogP contribution in [0.25, 0.3) is 0 Å². The fraction of sp³-hybridized carbons (Fsp3) is 0.923. The van der Waals surface area contributed by atoms with Crippen molar-refractivity contribution < 1.29 is 18.0 Å². The molecule has 1 heterocycles. The van der Waals surface area contributed by atoms with Crippen LogP contribution in [0.3, 0.4) is 0 Å². The lowest BCUT2D eigenvalue weighted by molar-refractivity contribution is -0.139. The normalized spacial score (nSPS) is 23.3. The molecular weight excluding hydrogens is 271 g/mol. The summed E-state index contributed by atoms with van der Waals surface area (Å²) in [5, 5.41) is 5.30. The van der Waals surface area contributed by atoms with Crippen LogP contribution < -0.4 is 10.6 Å². The number of halogens is 3. The van der Waals surface area contributed by atoms with Crippen molar-refractivity contribution in [3.05, 3.63) is 0 Å². The molecule has 0 aromatic carbocycles. The van der Waals surface area contributed by atoms with Crippen LogP contribution in [0.15, 0.2) is 0 Å². The average Bonchev–Trinajstić information content (AvgIpc) is 3.00. The summed E-state index contributed by atoms with van der Waals surface area (Å²) in [6, 6.07) is 0.365. The molecule has 1 amide bonds. The van der Waals surface area contributed by atoms with Crippen molar-refractivity contribution in [3.63, 3.8) is 0 Å². The lowest BCUT2D eigenvalue weighted by atomic mass is 10.2. The standard InChI is InChI=1S/C13H22F3N3O/c14-13(15,16)9-18-12(20)8-19(6-10-3-4-10)7-11-2-1-5-17-11/h10-11,17H,1-9H2,(H,18,20). The van der Waals surface area contributed by atoms with Crippen LogP contribution in [0.1, 0.15) is 25.7 Å². The third-order valence-corrected chi connectivity index (χ3v) is 3.71. The van der Waals surface area contributed by atoms with E-state index in [9.17, 15) is 18.0 Å². The van der Waals surface area contributed by atoms with Gasteiger partial charge >= 0.3 is 6.18 Å². The van der Waals surface area contributed by atoms with Gasteiger partial charge in [0.2, 0.25) is 5.91 Å². The smallest absolute Gasteiger partial charge is 0.346 e. The van der Waals surface area contributed by atoms with Crippen LogP contribution in [0.5, 0.6) is 0 Å². The van der Waals surface area contributed by atoms with Gasteiger partial charge in [-0.05, 0) is 38.1 Å². The molecule has 1 aliphatic carbocycles. The Morgan fingerprint density at radius 2 is 2.00 bits per heavy atom. The highest BCUT2D eigenvalue weighted by molar-refractivity contribution is 5.78. The molecule has 0 radical (unpaired) electrons. The number of carbonyl (C=O) groups excluding carboxylic acids is 1. The SMILES string of the molecule is O=C(CN(CC1CC1)CC1CCCN1)NCC(F)(F)F. The third-order valence-electron chi connectivity index (χ3n) is 3.71. The largest absolute Gasteiger partial charge is 0.405 e. The number of nitrogens with zero attached hydrogens (tertiary/aromatic N) is 1. The Morgan fingerprint density at radius 3 is 2.55 bits per heavy atom. The predicted molar refractivity (Wildman–Crippen MR) is 69.3 cm³/mol. The number of carbonyl (C=O) groups is 1. The van der Waals surface area contributed by atoms with Gasteiger partial charge in [-0.25, -0.2) is 0 Å². The van der Waals surface area contributed by atoms with Gasteiger partial charge in [-0.1, -0.05) is 0 Å². The molecule has 1 saturated carbocycles. The topological polar surface area (TPSA) is 44.4 Å². The van der Waals surface area contributed by atoms with E-state index in [0.717, 1.165) is 32.5 Å². The highest BCUT2D eigenvalue weighted by Crippen LogP contribution is 2.29. The van der Waals surface area contributed by atoms with Crippen molar-refractivity contribution in [2.45, 2.75) is 37.9 Å². The molecule has 2 fully saturated rings. The summed E-state index contributed by atoms with van der Waals surface area (Å²) in [4.78, 5) is 13.6. The number of alkyl halides is 3. The van der Waals surface area contributed by atoms with Crippen LogP contribution in [-0.2, 0) is 4.79 Å². The molecule has 0 aromatic heterocycles. The van der Waals surface area contributed by atoms with E-state index in [1.807, 2.05) is 10.2 Å². The first-order valence-corrected chi connectivity index (χ1v) is 7.21. The van der Waals surface area contributed by atoms with E-state index in [2.05, 4.69) is 5.32 Å². The van der Waals surface area contributed by atoms with Gasteiger partial charge in [0, 0.05) is 19.1 Å². The number of hydrogen-bond donors (Lipinski definition) is 2. The molecule has 1 atom stereocenters. The van der Waals surface area contributed by atoms with E-state index in [4.69, 9.17) is 0 Å². The Morgan fingerprint density at radius 1 is 1.25 bits per heavy atom. The summed E-state index contributed by atoms with van der Waals surface area (Å²) in [5.41, 5.74) is 0. The molecule has 0 spiro atoms. The van der Waals surface area contributed by atoms with E-state index in [-0.39, 0.29) is 6.54 Å². The van der Waals surface area contributed by atoms with Crippen molar-refractivity contribution in [2.24, 2.45) is 5.92 Å². The maximum Gasteiger partial charge on any atom is 0.405 e. The zero-order valence-corrected chi connectivity index (χ0v) is 11.5. The summed E-state index contributed by atoms with van der Waals surface area (Å²) in [6.45, 7) is 1.37. The van der Waals surface area contributed by atoms with Crippen molar-refractivity contribution >= 4 is 5.91 Å². The molecule has 2 rings (SSSR count). The molecule has 4 nitrogen and oxygen atoms in total. The summed E-state index contributed by atoms with van der Waals surface area (Å²) in [7, 11) is 0. The van der Waals surface area contributed by atoms with E-state index < -0.39 is 18.6 Å². The number of hydrogen-bond acceptors (Lipinski definition) is 3. The van der Waals surface area contributed by atoms with Gasteiger partial charge in [0.1, 0.15) is 6.54 Å². The summed E-state index contributed by atoms with van der Waals surface area (Å²) < 4.78 is 36.2. The Balaban J connectivity index is 1.75. The highest BCUT2D eigenvalue weighted by atomic mass is 19.4. The fourth-order valence-electron chi connectivity index (χ4n) is 2.55. The second-order valence-electron chi connectivity index (χ2n) is 5.82. The van der Waals surface area contributed by atoms with Gasteiger partial charge in [0.25, 0.3) is 0 Å². The maximum atomic E-state index is 12.1. The van der Waals surface area contributed by atoms with Crippen LogP contribution in [0.2, 0.25) is 0 Å². The molecule has 116 valence electrons. The first-order valence-electron chi connectivity index (χ1n) is 7.21. The van der Waals surface area contributed by atoms with Crippen LogP contribution in [0, 0.1) is 5.92 Å². The number of nitrogens with one attached hydrogen (secondary N) is 2. The third kappa shape index (κ3) is 6.09. The molecule has 1 aliphatic heterocycles. The first kappa shape index (κ1) is 15.6. The summed E-state index contributed by atoms with van der Waals surface area (Å²) >= 11 is 0. The highest BCUT2D eigenvalue weighted by Gasteiger charge is 2.30. The van der Waals surface area contributed by atoms with Crippen molar-refractivity contribution in [1.29, 1.82) is 0 Å². The van der Waals surface area contributed by atoms with Crippen molar-refractivity contribution in [3.8, 4) is 0 Å². The lowest BCUT2D eigenvalue weighted by Gasteiger charge is -2.25. The van der Waals surface area contributed by atoms with Gasteiger partial charge in [-0.2, -0.15) is 13.2 Å². The second kappa shape index (κ2) is 6.76. The van der Waals surface area contributed by atoms with E-state index in [1.54, 1.807) is 0 Å².